The van der Waals surface area contributed by atoms with Crippen LogP contribution in [0.1, 0.15) is 18.4 Å². The maximum atomic E-state index is 12.8. The fourth-order valence-electron chi connectivity index (χ4n) is 4.16. The molecule has 2 amide bonds. The third-order valence-corrected chi connectivity index (χ3v) is 5.82. The Labute approximate surface area is 160 Å². The molecule has 1 aromatic carbocycles. The van der Waals surface area contributed by atoms with Gasteiger partial charge in [-0.3, -0.25) is 9.59 Å². The first-order chi connectivity index (χ1) is 12.6. The molecule has 6 heteroatoms. The molecule has 3 aliphatic carbocycles. The zero-order valence-corrected chi connectivity index (χ0v) is 15.6. The Morgan fingerprint density at radius 3 is 2.46 bits per heavy atom. The lowest BCUT2D eigenvalue weighted by Crippen LogP contribution is -2.38. The van der Waals surface area contributed by atoms with E-state index in [0.29, 0.717) is 11.3 Å². The fourth-order valence-corrected chi connectivity index (χ4v) is 4.54. The summed E-state index contributed by atoms with van der Waals surface area (Å²) in [5.74, 6) is 2.36. The Kier molecular flexibility index (Phi) is 4.41. The summed E-state index contributed by atoms with van der Waals surface area (Å²) in [5, 5.41) is 5.26. The SMILES string of the molecule is C#CCOc1ccc(Br)cc1/C=N\N1C(=O)[C@@H]2[C@H](C1=O)[C@@H]1C=C[C@H]2CC1. The number of hydrogen-bond donors (Lipinski definition) is 0. The number of halogens is 1. The van der Waals surface area contributed by atoms with Gasteiger partial charge in [0.2, 0.25) is 0 Å². The van der Waals surface area contributed by atoms with Crippen LogP contribution < -0.4 is 4.74 Å². The summed E-state index contributed by atoms with van der Waals surface area (Å²) in [5.41, 5.74) is 0.645. The first-order valence-electron chi connectivity index (χ1n) is 8.56. The van der Waals surface area contributed by atoms with Crippen LogP contribution in [0, 0.1) is 36.0 Å². The van der Waals surface area contributed by atoms with Crippen LogP contribution in [-0.2, 0) is 9.59 Å². The molecule has 4 atom stereocenters. The van der Waals surface area contributed by atoms with E-state index in [1.54, 1.807) is 12.1 Å². The zero-order valence-electron chi connectivity index (χ0n) is 14.0. The molecule has 0 unspecified atom stereocenters. The van der Waals surface area contributed by atoms with Crippen LogP contribution in [-0.4, -0.2) is 29.6 Å². The number of amides is 2. The molecule has 2 bridgehead atoms. The van der Waals surface area contributed by atoms with Crippen LogP contribution in [0.5, 0.6) is 5.75 Å². The minimum Gasteiger partial charge on any atom is -0.480 e. The van der Waals surface area contributed by atoms with Crippen LogP contribution in [0.3, 0.4) is 0 Å². The summed E-state index contributed by atoms with van der Waals surface area (Å²) in [4.78, 5) is 25.6. The molecule has 5 nitrogen and oxygen atoms in total. The van der Waals surface area contributed by atoms with Crippen molar-refractivity contribution in [2.75, 3.05) is 6.61 Å². The number of imide groups is 1. The second-order valence-corrected chi connectivity index (χ2v) is 7.66. The number of benzene rings is 1. The minimum absolute atomic E-state index is 0.128. The van der Waals surface area contributed by atoms with Crippen molar-refractivity contribution in [1.29, 1.82) is 0 Å². The fraction of sp³-hybridized carbons (Fsp3) is 0.350. The van der Waals surface area contributed by atoms with Crippen molar-refractivity contribution in [3.8, 4) is 18.1 Å². The number of nitrogens with zero attached hydrogens (tertiary/aromatic N) is 2. The van der Waals surface area contributed by atoms with Gasteiger partial charge < -0.3 is 4.74 Å². The average molecular weight is 413 g/mol. The van der Waals surface area contributed by atoms with Gasteiger partial charge in [-0.05, 0) is 42.9 Å². The molecule has 1 saturated carbocycles. The van der Waals surface area contributed by atoms with Gasteiger partial charge in [0.15, 0.2) is 0 Å². The molecular formula is C20H17BrN2O3. The van der Waals surface area contributed by atoms with Crippen LogP contribution in [0.15, 0.2) is 39.9 Å². The third kappa shape index (κ3) is 2.77. The average Bonchev–Trinajstić information content (AvgIpc) is 2.93. The van der Waals surface area contributed by atoms with Crippen molar-refractivity contribution in [1.82, 2.24) is 5.01 Å². The standard InChI is InChI=1S/C20H17BrN2O3/c1-2-9-26-16-8-7-15(21)10-14(16)11-22-23-19(24)17-12-3-4-13(6-5-12)18(17)20(23)25/h1,3-4,7-8,10-13,17-18H,5-6,9H2/b22-11-/t12-,13+,17-,18+. The van der Waals surface area contributed by atoms with Gasteiger partial charge >= 0.3 is 0 Å². The second-order valence-electron chi connectivity index (χ2n) is 6.75. The van der Waals surface area contributed by atoms with Crippen molar-refractivity contribution >= 4 is 34.0 Å². The molecule has 0 N–H and O–H groups in total. The number of hydrazone groups is 1. The molecule has 2 fully saturated rings. The smallest absolute Gasteiger partial charge is 0.254 e. The molecule has 0 aromatic heterocycles. The lowest BCUT2D eigenvalue weighted by molar-refractivity contribution is -0.140. The van der Waals surface area contributed by atoms with E-state index in [1.807, 2.05) is 6.07 Å². The molecule has 26 heavy (non-hydrogen) atoms. The van der Waals surface area contributed by atoms with Crippen molar-refractivity contribution in [3.05, 3.63) is 40.4 Å². The molecule has 1 saturated heterocycles. The van der Waals surface area contributed by atoms with E-state index >= 15 is 0 Å². The number of fused-ring (bicyclic) bond motifs is 1. The lowest BCUT2D eigenvalue weighted by Gasteiger charge is -2.37. The Morgan fingerprint density at radius 2 is 1.88 bits per heavy atom. The number of ether oxygens (including phenoxy) is 1. The number of terminal acetylenes is 1. The number of carbonyl (C=O) groups is 2. The topological polar surface area (TPSA) is 59.0 Å². The molecule has 1 aliphatic heterocycles. The van der Waals surface area contributed by atoms with E-state index in [1.165, 1.54) is 6.21 Å². The van der Waals surface area contributed by atoms with E-state index in [-0.39, 0.29) is 42.1 Å². The lowest BCUT2D eigenvalue weighted by atomic mass is 9.63. The summed E-state index contributed by atoms with van der Waals surface area (Å²) in [6, 6.07) is 5.40. The van der Waals surface area contributed by atoms with Crippen molar-refractivity contribution < 1.29 is 14.3 Å². The third-order valence-electron chi connectivity index (χ3n) is 5.33. The van der Waals surface area contributed by atoms with E-state index in [2.05, 4.69) is 39.1 Å². The van der Waals surface area contributed by atoms with Gasteiger partial charge in [0.1, 0.15) is 12.4 Å². The van der Waals surface area contributed by atoms with Gasteiger partial charge in [0, 0.05) is 10.0 Å². The molecule has 5 rings (SSSR count). The summed E-state index contributed by atoms with van der Waals surface area (Å²) in [6.45, 7) is 0.128. The molecule has 132 valence electrons. The maximum absolute atomic E-state index is 12.8. The minimum atomic E-state index is -0.261. The van der Waals surface area contributed by atoms with Crippen LogP contribution in [0.2, 0.25) is 0 Å². The Balaban J connectivity index is 1.60. The second kappa shape index (κ2) is 6.73. The zero-order chi connectivity index (χ0) is 18.3. The van der Waals surface area contributed by atoms with Gasteiger partial charge in [-0.2, -0.15) is 10.1 Å². The van der Waals surface area contributed by atoms with E-state index in [9.17, 15) is 9.59 Å². The highest BCUT2D eigenvalue weighted by Gasteiger charge is 2.56. The molecule has 1 aromatic rings. The monoisotopic (exact) mass is 412 g/mol. The molecule has 0 radical (unpaired) electrons. The molecule has 1 heterocycles. The molecule has 0 spiro atoms. The predicted molar refractivity (Wildman–Crippen MR) is 100 cm³/mol. The Bertz CT molecular complexity index is 838. The van der Waals surface area contributed by atoms with E-state index in [0.717, 1.165) is 22.3 Å². The molecule has 4 aliphatic rings. The van der Waals surface area contributed by atoms with Gasteiger partial charge in [-0.15, -0.1) is 6.42 Å². The first-order valence-corrected chi connectivity index (χ1v) is 9.35. The predicted octanol–water partition coefficient (Wildman–Crippen LogP) is 2.99. The highest BCUT2D eigenvalue weighted by molar-refractivity contribution is 9.10. The largest absolute Gasteiger partial charge is 0.480 e. The maximum Gasteiger partial charge on any atom is 0.254 e. The summed E-state index contributed by atoms with van der Waals surface area (Å²) in [7, 11) is 0. The van der Waals surface area contributed by atoms with Crippen molar-refractivity contribution in [3.63, 3.8) is 0 Å². The van der Waals surface area contributed by atoms with Gasteiger partial charge in [-0.25, -0.2) is 0 Å². The summed E-state index contributed by atoms with van der Waals surface area (Å²) < 4.78 is 6.34. The van der Waals surface area contributed by atoms with Gasteiger partial charge in [-0.1, -0.05) is 34.0 Å². The number of hydrogen-bond acceptors (Lipinski definition) is 4. The van der Waals surface area contributed by atoms with Crippen molar-refractivity contribution in [2.24, 2.45) is 28.8 Å². The van der Waals surface area contributed by atoms with Gasteiger partial charge in [0.25, 0.3) is 11.8 Å². The van der Waals surface area contributed by atoms with Crippen molar-refractivity contribution in [2.45, 2.75) is 12.8 Å². The number of carbonyl (C=O) groups excluding carboxylic acids is 2. The molecular weight excluding hydrogens is 396 g/mol. The van der Waals surface area contributed by atoms with E-state index < -0.39 is 0 Å². The Morgan fingerprint density at radius 1 is 1.23 bits per heavy atom. The van der Waals surface area contributed by atoms with Crippen LogP contribution >= 0.6 is 15.9 Å². The normalized spacial score (nSPS) is 29.3. The first kappa shape index (κ1) is 17.0. The van der Waals surface area contributed by atoms with Gasteiger partial charge in [0.05, 0.1) is 18.1 Å². The number of allylic oxidation sites excluding steroid dienone is 2. The highest BCUT2D eigenvalue weighted by atomic mass is 79.9. The number of rotatable bonds is 4. The summed E-state index contributed by atoms with van der Waals surface area (Å²) in [6.07, 6.45) is 12.8. The van der Waals surface area contributed by atoms with Crippen LogP contribution in [0.4, 0.5) is 0 Å². The van der Waals surface area contributed by atoms with E-state index in [4.69, 9.17) is 11.2 Å². The van der Waals surface area contributed by atoms with Crippen LogP contribution in [0.25, 0.3) is 0 Å². The summed E-state index contributed by atoms with van der Waals surface area (Å²) >= 11 is 3.40. The Hall–Kier alpha value is -2.39. The quantitative estimate of drug-likeness (QED) is 0.330. The highest BCUT2D eigenvalue weighted by Crippen LogP contribution is 2.49.